The van der Waals surface area contributed by atoms with Crippen LogP contribution in [0.1, 0.15) is 34.9 Å². The largest absolute Gasteiger partial charge is 0.349 e. The summed E-state index contributed by atoms with van der Waals surface area (Å²) in [5, 5.41) is 4.00. The van der Waals surface area contributed by atoms with Crippen LogP contribution in [0.5, 0.6) is 0 Å². The van der Waals surface area contributed by atoms with Crippen molar-refractivity contribution < 1.29 is 4.79 Å². The smallest absolute Gasteiger partial charge is 0.267 e. The molecule has 3 aromatic rings. The number of nitrogens with zero attached hydrogens (tertiary/aromatic N) is 2. The van der Waals surface area contributed by atoms with E-state index in [1.165, 1.54) is 18.5 Å². The maximum Gasteiger partial charge on any atom is 0.267 e. The second-order valence-electron chi connectivity index (χ2n) is 6.17. The van der Waals surface area contributed by atoms with E-state index in [9.17, 15) is 4.79 Å². The predicted molar refractivity (Wildman–Crippen MR) is 83.8 cm³/mol. The molecule has 0 spiro atoms. The first-order chi connectivity index (χ1) is 10.8. The summed E-state index contributed by atoms with van der Waals surface area (Å²) in [5.41, 5.74) is 5.04. The van der Waals surface area contributed by atoms with Gasteiger partial charge in [-0.05, 0) is 31.0 Å². The van der Waals surface area contributed by atoms with E-state index in [-0.39, 0.29) is 5.91 Å². The summed E-state index contributed by atoms with van der Waals surface area (Å²) in [6.07, 6.45) is 6.57. The van der Waals surface area contributed by atoms with Crippen molar-refractivity contribution in [2.75, 3.05) is 6.54 Å². The predicted octanol–water partition coefficient (Wildman–Crippen LogP) is 2.65. The van der Waals surface area contributed by atoms with Crippen molar-refractivity contribution >= 4 is 16.9 Å². The Labute approximate surface area is 127 Å². The van der Waals surface area contributed by atoms with Crippen molar-refractivity contribution in [3.8, 4) is 11.1 Å². The molecule has 0 aromatic carbocycles. The van der Waals surface area contributed by atoms with E-state index >= 15 is 0 Å². The lowest BCUT2D eigenvalue weighted by molar-refractivity contribution is 0.0928. The molecule has 1 fully saturated rings. The quantitative estimate of drug-likeness (QED) is 0.762. The average molecular weight is 292 g/mol. The number of carbonyl (C=O) groups excluding carboxylic acids is 1. The van der Waals surface area contributed by atoms with E-state index < -0.39 is 0 Å². The highest BCUT2D eigenvalue weighted by atomic mass is 16.2. The molecule has 1 saturated carbocycles. The molecule has 5 nitrogen and oxygen atoms in total. The highest BCUT2D eigenvalue weighted by Crippen LogP contribution is 2.40. The van der Waals surface area contributed by atoms with Crippen molar-refractivity contribution in [1.29, 1.82) is 0 Å². The van der Waals surface area contributed by atoms with Crippen molar-refractivity contribution in [1.82, 2.24) is 19.9 Å². The zero-order valence-electron chi connectivity index (χ0n) is 12.1. The molecule has 0 radical (unpaired) electrons. The van der Waals surface area contributed by atoms with Gasteiger partial charge in [-0.1, -0.05) is 0 Å². The monoisotopic (exact) mass is 292 g/mol. The zero-order chi connectivity index (χ0) is 14.7. The Kier molecular flexibility index (Phi) is 2.31. The normalized spacial score (nSPS) is 17.5. The number of hydrogen-bond acceptors (Lipinski definition) is 2. The fourth-order valence-corrected chi connectivity index (χ4v) is 3.28. The van der Waals surface area contributed by atoms with E-state index in [1.54, 1.807) is 0 Å². The summed E-state index contributed by atoms with van der Waals surface area (Å²) in [6.45, 7) is 1.52. The topological polar surface area (TPSA) is 62.7 Å². The number of amides is 1. The minimum atomic E-state index is 0.00601. The molecule has 22 heavy (non-hydrogen) atoms. The molecule has 0 saturated heterocycles. The number of rotatable bonds is 2. The number of pyridine rings is 1. The molecule has 5 rings (SSSR count). The Bertz CT molecular complexity index is 901. The highest BCUT2D eigenvalue weighted by molar-refractivity contribution is 5.98. The maximum atomic E-state index is 11.9. The second-order valence-corrected chi connectivity index (χ2v) is 6.17. The lowest BCUT2D eigenvalue weighted by Gasteiger charge is -2.14. The summed E-state index contributed by atoms with van der Waals surface area (Å²) in [5.74, 6) is 0.660. The Balaban J connectivity index is 1.63. The van der Waals surface area contributed by atoms with Crippen LogP contribution in [0.25, 0.3) is 22.2 Å². The fraction of sp³-hybridized carbons (Fsp3) is 0.294. The van der Waals surface area contributed by atoms with Gasteiger partial charge < -0.3 is 14.9 Å². The maximum absolute atomic E-state index is 11.9. The van der Waals surface area contributed by atoms with Gasteiger partial charge in [-0.15, -0.1) is 0 Å². The van der Waals surface area contributed by atoms with Crippen LogP contribution in [0.3, 0.4) is 0 Å². The van der Waals surface area contributed by atoms with Crippen LogP contribution in [0, 0.1) is 0 Å². The lowest BCUT2D eigenvalue weighted by atomic mass is 10.1. The molecule has 0 unspecified atom stereocenters. The molecular formula is C17H16N4O. The standard InChI is InChI=1S/C17H16N4O/c22-17-15-7-11(9-21(15)6-5-18-17)13-8-19-16-12(13)3-4-14(20-16)10-1-2-10/h3-4,7-10H,1-2,5-6H2,(H,18,22)(H,19,20). The third kappa shape index (κ3) is 1.71. The molecule has 0 atom stereocenters. The van der Waals surface area contributed by atoms with E-state index in [2.05, 4.69) is 28.6 Å². The molecule has 1 aliphatic carbocycles. The Morgan fingerprint density at radius 1 is 1.27 bits per heavy atom. The second kappa shape index (κ2) is 4.22. The molecule has 4 heterocycles. The molecule has 2 N–H and O–H groups in total. The SMILES string of the molecule is O=C1NCCn2cc(-c3c[nH]c4nc(C5CC5)ccc34)cc21. The van der Waals surface area contributed by atoms with Gasteiger partial charge in [0.1, 0.15) is 11.3 Å². The van der Waals surface area contributed by atoms with Crippen LogP contribution < -0.4 is 5.32 Å². The molecule has 2 aliphatic rings. The number of fused-ring (bicyclic) bond motifs is 2. The third-order valence-corrected chi connectivity index (χ3v) is 4.63. The molecular weight excluding hydrogens is 276 g/mol. The summed E-state index contributed by atoms with van der Waals surface area (Å²) in [7, 11) is 0. The number of hydrogen-bond donors (Lipinski definition) is 2. The van der Waals surface area contributed by atoms with E-state index in [4.69, 9.17) is 4.98 Å². The van der Waals surface area contributed by atoms with Gasteiger partial charge in [0.15, 0.2) is 0 Å². The van der Waals surface area contributed by atoms with Crippen molar-refractivity contribution in [3.63, 3.8) is 0 Å². The van der Waals surface area contributed by atoms with Gasteiger partial charge in [0, 0.05) is 53.6 Å². The zero-order valence-corrected chi connectivity index (χ0v) is 12.1. The Hall–Kier alpha value is -2.56. The molecule has 110 valence electrons. The van der Waals surface area contributed by atoms with Gasteiger partial charge in [0.2, 0.25) is 0 Å². The number of H-pyrrole nitrogens is 1. The number of carbonyl (C=O) groups is 1. The minimum Gasteiger partial charge on any atom is -0.349 e. The molecule has 5 heteroatoms. The summed E-state index contributed by atoms with van der Waals surface area (Å²) in [4.78, 5) is 19.9. The third-order valence-electron chi connectivity index (χ3n) is 4.63. The number of aromatic amines is 1. The van der Waals surface area contributed by atoms with Gasteiger partial charge >= 0.3 is 0 Å². The van der Waals surface area contributed by atoms with Crippen molar-refractivity contribution in [3.05, 3.63) is 42.0 Å². The Morgan fingerprint density at radius 2 is 2.18 bits per heavy atom. The van der Waals surface area contributed by atoms with Gasteiger partial charge in [0.25, 0.3) is 5.91 Å². The van der Waals surface area contributed by atoms with Gasteiger partial charge in [-0.3, -0.25) is 4.79 Å². The van der Waals surface area contributed by atoms with Crippen LogP contribution in [0.2, 0.25) is 0 Å². The van der Waals surface area contributed by atoms with Crippen molar-refractivity contribution in [2.24, 2.45) is 0 Å². The highest BCUT2D eigenvalue weighted by Gasteiger charge is 2.25. The van der Waals surface area contributed by atoms with Gasteiger partial charge in [0.05, 0.1) is 0 Å². The first-order valence-corrected chi connectivity index (χ1v) is 7.76. The molecule has 1 amide bonds. The molecule has 0 bridgehead atoms. The first-order valence-electron chi connectivity index (χ1n) is 7.76. The van der Waals surface area contributed by atoms with Gasteiger partial charge in [-0.2, -0.15) is 0 Å². The van der Waals surface area contributed by atoms with Crippen LogP contribution in [-0.2, 0) is 6.54 Å². The number of nitrogens with one attached hydrogen (secondary N) is 2. The number of aromatic nitrogens is 3. The summed E-state index contributed by atoms with van der Waals surface area (Å²) >= 11 is 0. The van der Waals surface area contributed by atoms with Crippen molar-refractivity contribution in [2.45, 2.75) is 25.3 Å². The first kappa shape index (κ1) is 12.0. The van der Waals surface area contributed by atoms with Crippen LogP contribution >= 0.6 is 0 Å². The van der Waals surface area contributed by atoms with Crippen LogP contribution in [0.4, 0.5) is 0 Å². The summed E-state index contributed by atoms with van der Waals surface area (Å²) < 4.78 is 2.03. The van der Waals surface area contributed by atoms with E-state index in [1.807, 2.05) is 16.8 Å². The fourth-order valence-electron chi connectivity index (χ4n) is 3.28. The lowest BCUT2D eigenvalue weighted by Crippen LogP contribution is -2.34. The molecule has 3 aromatic heterocycles. The van der Waals surface area contributed by atoms with Crippen LogP contribution in [-0.4, -0.2) is 27.0 Å². The molecule has 1 aliphatic heterocycles. The summed E-state index contributed by atoms with van der Waals surface area (Å²) in [6, 6.07) is 6.25. The van der Waals surface area contributed by atoms with Crippen LogP contribution in [0.15, 0.2) is 30.6 Å². The Morgan fingerprint density at radius 3 is 3.00 bits per heavy atom. The van der Waals surface area contributed by atoms with E-state index in [0.717, 1.165) is 34.4 Å². The average Bonchev–Trinajstić information content (AvgIpc) is 3.14. The minimum absolute atomic E-state index is 0.00601. The van der Waals surface area contributed by atoms with Gasteiger partial charge in [-0.25, -0.2) is 4.98 Å². The van der Waals surface area contributed by atoms with E-state index in [0.29, 0.717) is 12.5 Å².